The highest BCUT2D eigenvalue weighted by atomic mass is 16.5. The van der Waals surface area contributed by atoms with Crippen LogP contribution in [0.15, 0.2) is 66.9 Å². The summed E-state index contributed by atoms with van der Waals surface area (Å²) in [6.45, 7) is 6.20. The van der Waals surface area contributed by atoms with Gasteiger partial charge in [-0.25, -0.2) is 9.97 Å². The van der Waals surface area contributed by atoms with Crippen molar-refractivity contribution in [2.75, 3.05) is 31.6 Å². The fourth-order valence-corrected chi connectivity index (χ4v) is 4.69. The van der Waals surface area contributed by atoms with Crippen molar-refractivity contribution in [3.63, 3.8) is 0 Å². The molecule has 0 spiro atoms. The standard InChI is InChI=1S/C28H29N5O2/c1-19-14-27(31-20(2)30-19)32-24-8-3-7-23(16-24)28(34)33-12-13-35-18-21(17-33)15-22-6-4-10-26-25(22)9-5-11-29-26/h3-11,14,16,21H,12-13,15,17-18H2,1-2H3,(H,30,31,32)/t21-/m0/s1. The number of anilines is 2. The zero-order valence-electron chi connectivity index (χ0n) is 20.1. The lowest BCUT2D eigenvalue weighted by molar-refractivity contribution is 0.0737. The number of fused-ring (bicyclic) bond motifs is 1. The van der Waals surface area contributed by atoms with Gasteiger partial charge in [0, 0.05) is 53.6 Å². The molecular weight excluding hydrogens is 438 g/mol. The smallest absolute Gasteiger partial charge is 0.254 e. The summed E-state index contributed by atoms with van der Waals surface area (Å²) in [5.41, 5.74) is 4.59. The van der Waals surface area contributed by atoms with Crippen LogP contribution in [0.1, 0.15) is 27.4 Å². The molecule has 2 aromatic carbocycles. The number of rotatable bonds is 5. The van der Waals surface area contributed by atoms with Crippen LogP contribution < -0.4 is 5.32 Å². The van der Waals surface area contributed by atoms with Crippen molar-refractivity contribution < 1.29 is 9.53 Å². The van der Waals surface area contributed by atoms with Crippen molar-refractivity contribution in [3.8, 4) is 0 Å². The molecule has 35 heavy (non-hydrogen) atoms. The van der Waals surface area contributed by atoms with Crippen molar-refractivity contribution >= 4 is 28.3 Å². The molecule has 1 saturated heterocycles. The molecule has 1 aliphatic heterocycles. The molecule has 178 valence electrons. The highest BCUT2D eigenvalue weighted by Gasteiger charge is 2.24. The Bertz CT molecular complexity index is 1330. The van der Waals surface area contributed by atoms with E-state index >= 15 is 0 Å². The van der Waals surface area contributed by atoms with Crippen LogP contribution in [0.2, 0.25) is 0 Å². The maximum Gasteiger partial charge on any atom is 0.254 e. The van der Waals surface area contributed by atoms with Crippen LogP contribution in [-0.2, 0) is 11.2 Å². The van der Waals surface area contributed by atoms with Gasteiger partial charge in [-0.2, -0.15) is 0 Å². The molecule has 7 heteroatoms. The third kappa shape index (κ3) is 5.46. The van der Waals surface area contributed by atoms with E-state index in [0.717, 1.165) is 28.7 Å². The first-order valence-corrected chi connectivity index (χ1v) is 11.9. The van der Waals surface area contributed by atoms with Crippen molar-refractivity contribution in [1.29, 1.82) is 0 Å². The van der Waals surface area contributed by atoms with E-state index in [2.05, 4.69) is 32.4 Å². The Labute approximate surface area is 205 Å². The summed E-state index contributed by atoms with van der Waals surface area (Å²) in [6.07, 6.45) is 2.65. The van der Waals surface area contributed by atoms with Crippen molar-refractivity contribution in [2.45, 2.75) is 20.3 Å². The molecule has 0 unspecified atom stereocenters. The first-order valence-electron chi connectivity index (χ1n) is 11.9. The van der Waals surface area contributed by atoms with Crippen molar-refractivity contribution in [2.24, 2.45) is 5.92 Å². The Kier molecular flexibility index (Phi) is 6.68. The molecule has 7 nitrogen and oxygen atoms in total. The van der Waals surface area contributed by atoms with Gasteiger partial charge in [0.1, 0.15) is 11.6 Å². The molecule has 5 rings (SSSR count). The lowest BCUT2D eigenvalue weighted by Gasteiger charge is -2.24. The molecule has 4 aromatic rings. The minimum Gasteiger partial charge on any atom is -0.379 e. The topological polar surface area (TPSA) is 80.2 Å². The Morgan fingerprint density at radius 2 is 1.97 bits per heavy atom. The van der Waals surface area contributed by atoms with Gasteiger partial charge in [0.15, 0.2) is 0 Å². The van der Waals surface area contributed by atoms with Gasteiger partial charge in [-0.1, -0.05) is 24.3 Å². The zero-order valence-corrected chi connectivity index (χ0v) is 20.1. The van der Waals surface area contributed by atoms with Gasteiger partial charge in [-0.15, -0.1) is 0 Å². The number of carbonyl (C=O) groups is 1. The quantitative estimate of drug-likeness (QED) is 0.458. The van der Waals surface area contributed by atoms with E-state index in [0.29, 0.717) is 43.5 Å². The van der Waals surface area contributed by atoms with E-state index in [9.17, 15) is 4.79 Å². The maximum absolute atomic E-state index is 13.5. The number of nitrogens with zero attached hydrogens (tertiary/aromatic N) is 4. The predicted molar refractivity (Wildman–Crippen MR) is 137 cm³/mol. The number of aromatic nitrogens is 3. The van der Waals surface area contributed by atoms with Crippen LogP contribution in [-0.4, -0.2) is 52.1 Å². The molecule has 3 heterocycles. The van der Waals surface area contributed by atoms with Crippen molar-refractivity contribution in [3.05, 3.63) is 89.5 Å². The number of hydrogen-bond donors (Lipinski definition) is 1. The van der Waals surface area contributed by atoms with Gasteiger partial charge in [0.25, 0.3) is 5.91 Å². The Morgan fingerprint density at radius 1 is 1.09 bits per heavy atom. The molecule has 1 N–H and O–H groups in total. The Morgan fingerprint density at radius 3 is 2.86 bits per heavy atom. The molecule has 1 fully saturated rings. The number of hydrogen-bond acceptors (Lipinski definition) is 6. The van der Waals surface area contributed by atoms with Crippen molar-refractivity contribution in [1.82, 2.24) is 19.9 Å². The van der Waals surface area contributed by atoms with Crippen LogP contribution in [0.4, 0.5) is 11.5 Å². The summed E-state index contributed by atoms with van der Waals surface area (Å²) in [4.78, 5) is 28.6. The number of ether oxygens (including phenoxy) is 1. The number of carbonyl (C=O) groups excluding carboxylic acids is 1. The van der Waals surface area contributed by atoms with E-state index in [1.54, 1.807) is 0 Å². The maximum atomic E-state index is 13.5. The van der Waals surface area contributed by atoms with Crippen LogP contribution in [0.25, 0.3) is 10.9 Å². The van der Waals surface area contributed by atoms with Gasteiger partial charge in [0.2, 0.25) is 0 Å². The van der Waals surface area contributed by atoms with Crippen LogP contribution in [0.5, 0.6) is 0 Å². The Balaban J connectivity index is 1.32. The van der Waals surface area contributed by atoms with Crippen LogP contribution >= 0.6 is 0 Å². The highest BCUT2D eigenvalue weighted by Crippen LogP contribution is 2.23. The molecule has 1 atom stereocenters. The second-order valence-electron chi connectivity index (χ2n) is 9.03. The molecule has 1 amide bonds. The summed E-state index contributed by atoms with van der Waals surface area (Å²) in [5, 5.41) is 4.46. The summed E-state index contributed by atoms with van der Waals surface area (Å²) in [6, 6.07) is 19.8. The molecule has 0 saturated carbocycles. The van der Waals surface area contributed by atoms with Gasteiger partial charge < -0.3 is 15.0 Å². The number of aryl methyl sites for hydroxylation is 2. The van der Waals surface area contributed by atoms with Gasteiger partial charge in [-0.05, 0) is 56.2 Å². The Hall–Kier alpha value is -3.84. The summed E-state index contributed by atoms with van der Waals surface area (Å²) in [7, 11) is 0. The summed E-state index contributed by atoms with van der Waals surface area (Å²) >= 11 is 0. The number of nitrogens with one attached hydrogen (secondary N) is 1. The fraction of sp³-hybridized carbons (Fsp3) is 0.286. The first-order chi connectivity index (χ1) is 17.0. The second kappa shape index (κ2) is 10.2. The third-order valence-corrected chi connectivity index (χ3v) is 6.22. The highest BCUT2D eigenvalue weighted by molar-refractivity contribution is 5.95. The van der Waals surface area contributed by atoms with Crippen LogP contribution in [0, 0.1) is 19.8 Å². The average Bonchev–Trinajstić information content (AvgIpc) is 3.09. The lowest BCUT2D eigenvalue weighted by Crippen LogP contribution is -2.36. The monoisotopic (exact) mass is 467 g/mol. The van der Waals surface area contributed by atoms with E-state index in [-0.39, 0.29) is 11.8 Å². The fourth-order valence-electron chi connectivity index (χ4n) is 4.69. The average molecular weight is 468 g/mol. The lowest BCUT2D eigenvalue weighted by atomic mass is 9.96. The predicted octanol–water partition coefficient (Wildman–Crippen LogP) is 4.72. The minimum atomic E-state index is 0.0128. The number of pyridine rings is 1. The van der Waals surface area contributed by atoms with E-state index < -0.39 is 0 Å². The number of benzene rings is 2. The van der Waals surface area contributed by atoms with E-state index in [4.69, 9.17) is 4.74 Å². The van der Waals surface area contributed by atoms with E-state index in [1.807, 2.05) is 73.5 Å². The van der Waals surface area contributed by atoms with Crippen LogP contribution in [0.3, 0.4) is 0 Å². The molecule has 0 radical (unpaired) electrons. The van der Waals surface area contributed by atoms with Gasteiger partial charge >= 0.3 is 0 Å². The molecule has 2 aromatic heterocycles. The third-order valence-electron chi connectivity index (χ3n) is 6.22. The normalized spacial score (nSPS) is 16.2. The molecule has 0 aliphatic carbocycles. The van der Waals surface area contributed by atoms with Gasteiger partial charge in [-0.3, -0.25) is 9.78 Å². The zero-order chi connectivity index (χ0) is 24.2. The first kappa shape index (κ1) is 22.9. The number of amides is 1. The SMILES string of the molecule is Cc1cc(Nc2cccc(C(=O)N3CCOC[C@@H](Cc4cccc5ncccc45)C3)c2)nc(C)n1. The second-order valence-corrected chi connectivity index (χ2v) is 9.03. The largest absolute Gasteiger partial charge is 0.379 e. The summed E-state index contributed by atoms with van der Waals surface area (Å²) in [5.74, 6) is 1.64. The van der Waals surface area contributed by atoms with Gasteiger partial charge in [0.05, 0.1) is 18.7 Å². The molecule has 1 aliphatic rings. The summed E-state index contributed by atoms with van der Waals surface area (Å²) < 4.78 is 5.90. The molecule has 0 bridgehead atoms. The minimum absolute atomic E-state index is 0.0128. The molecular formula is C28H29N5O2. The van der Waals surface area contributed by atoms with E-state index in [1.165, 1.54) is 5.56 Å².